The van der Waals surface area contributed by atoms with E-state index in [0.717, 1.165) is 27.6 Å². The zero-order valence-electron chi connectivity index (χ0n) is 9.40. The first kappa shape index (κ1) is 11.2. The minimum atomic E-state index is 0.534. The van der Waals surface area contributed by atoms with Crippen LogP contribution in [-0.2, 0) is 13.0 Å². The fraction of sp³-hybridized carbons (Fsp3) is 0.364. The SMILES string of the molecule is CCc1nc(-c2ncc(C)cn2)sc1CN. The highest BCUT2D eigenvalue weighted by Gasteiger charge is 2.11. The second-order valence-corrected chi connectivity index (χ2v) is 4.61. The highest BCUT2D eigenvalue weighted by Crippen LogP contribution is 2.25. The molecular formula is C11H14N4S. The molecule has 2 heterocycles. The summed E-state index contributed by atoms with van der Waals surface area (Å²) in [5.74, 6) is 0.685. The maximum Gasteiger partial charge on any atom is 0.188 e. The van der Waals surface area contributed by atoms with Gasteiger partial charge in [0.1, 0.15) is 0 Å². The lowest BCUT2D eigenvalue weighted by Crippen LogP contribution is -1.96. The molecule has 0 atom stereocenters. The Morgan fingerprint density at radius 1 is 1.31 bits per heavy atom. The van der Waals surface area contributed by atoms with Crippen molar-refractivity contribution >= 4 is 11.3 Å². The van der Waals surface area contributed by atoms with Crippen molar-refractivity contribution in [3.63, 3.8) is 0 Å². The van der Waals surface area contributed by atoms with Crippen LogP contribution in [-0.4, -0.2) is 15.0 Å². The molecule has 0 bridgehead atoms. The van der Waals surface area contributed by atoms with Crippen LogP contribution in [0.1, 0.15) is 23.1 Å². The van der Waals surface area contributed by atoms with Crippen LogP contribution < -0.4 is 5.73 Å². The summed E-state index contributed by atoms with van der Waals surface area (Å²) in [6.07, 6.45) is 4.50. The third-order valence-corrected chi connectivity index (χ3v) is 3.39. The van der Waals surface area contributed by atoms with Gasteiger partial charge >= 0.3 is 0 Å². The lowest BCUT2D eigenvalue weighted by atomic mass is 10.3. The lowest BCUT2D eigenvalue weighted by Gasteiger charge is -1.94. The molecule has 16 heavy (non-hydrogen) atoms. The molecule has 0 aliphatic carbocycles. The quantitative estimate of drug-likeness (QED) is 0.881. The maximum atomic E-state index is 5.67. The number of nitrogens with zero attached hydrogens (tertiary/aromatic N) is 3. The van der Waals surface area contributed by atoms with Crippen LogP contribution in [0, 0.1) is 6.92 Å². The minimum Gasteiger partial charge on any atom is -0.326 e. The first-order chi connectivity index (χ1) is 7.74. The van der Waals surface area contributed by atoms with Gasteiger partial charge in [0.15, 0.2) is 10.8 Å². The van der Waals surface area contributed by atoms with E-state index in [9.17, 15) is 0 Å². The van der Waals surface area contributed by atoms with Crippen molar-refractivity contribution in [3.05, 3.63) is 28.5 Å². The smallest absolute Gasteiger partial charge is 0.188 e. The molecule has 0 aliphatic heterocycles. The van der Waals surface area contributed by atoms with Crippen LogP contribution in [0.5, 0.6) is 0 Å². The molecule has 0 radical (unpaired) electrons. The van der Waals surface area contributed by atoms with Gasteiger partial charge in [0, 0.05) is 23.8 Å². The molecule has 5 heteroatoms. The second kappa shape index (κ2) is 4.67. The largest absolute Gasteiger partial charge is 0.326 e. The van der Waals surface area contributed by atoms with Crippen LogP contribution in [0.4, 0.5) is 0 Å². The van der Waals surface area contributed by atoms with Gasteiger partial charge in [-0.1, -0.05) is 6.92 Å². The van der Waals surface area contributed by atoms with Gasteiger partial charge in [-0.25, -0.2) is 15.0 Å². The summed E-state index contributed by atoms with van der Waals surface area (Å²) in [6, 6.07) is 0. The van der Waals surface area contributed by atoms with Crippen LogP contribution in [0.2, 0.25) is 0 Å². The van der Waals surface area contributed by atoms with E-state index in [1.165, 1.54) is 0 Å². The van der Waals surface area contributed by atoms with Gasteiger partial charge in [-0.2, -0.15) is 0 Å². The molecule has 0 spiro atoms. The summed E-state index contributed by atoms with van der Waals surface area (Å²) in [7, 11) is 0. The van der Waals surface area contributed by atoms with E-state index in [1.807, 2.05) is 6.92 Å². The standard InChI is InChI=1S/C11H14N4S/c1-3-8-9(4-12)16-11(15-8)10-13-5-7(2)6-14-10/h5-6H,3-4,12H2,1-2H3. The van der Waals surface area contributed by atoms with Crippen LogP contribution in [0.15, 0.2) is 12.4 Å². The van der Waals surface area contributed by atoms with Gasteiger partial charge in [0.25, 0.3) is 0 Å². The van der Waals surface area contributed by atoms with Crippen molar-refractivity contribution in [3.8, 4) is 10.8 Å². The number of hydrogen-bond acceptors (Lipinski definition) is 5. The Labute approximate surface area is 98.6 Å². The summed E-state index contributed by atoms with van der Waals surface area (Å²) in [6.45, 7) is 4.58. The Balaban J connectivity index is 2.40. The van der Waals surface area contributed by atoms with Gasteiger partial charge in [-0.15, -0.1) is 11.3 Å². The lowest BCUT2D eigenvalue weighted by molar-refractivity contribution is 0.985. The molecular weight excluding hydrogens is 220 g/mol. The molecule has 0 amide bonds. The number of nitrogens with two attached hydrogens (primary N) is 1. The van der Waals surface area contributed by atoms with E-state index in [1.54, 1.807) is 23.7 Å². The van der Waals surface area contributed by atoms with Gasteiger partial charge < -0.3 is 5.73 Å². The first-order valence-electron chi connectivity index (χ1n) is 5.22. The molecule has 2 rings (SSSR count). The number of aromatic nitrogens is 3. The average molecular weight is 234 g/mol. The fourth-order valence-corrected chi connectivity index (χ4v) is 2.39. The Bertz CT molecular complexity index is 454. The van der Waals surface area contributed by atoms with E-state index >= 15 is 0 Å². The van der Waals surface area contributed by atoms with E-state index < -0.39 is 0 Å². The molecule has 2 aromatic rings. The molecule has 0 saturated heterocycles. The van der Waals surface area contributed by atoms with Crippen molar-refractivity contribution in [2.45, 2.75) is 26.8 Å². The minimum absolute atomic E-state index is 0.534. The third kappa shape index (κ3) is 2.10. The zero-order chi connectivity index (χ0) is 11.5. The molecule has 84 valence electrons. The highest BCUT2D eigenvalue weighted by molar-refractivity contribution is 7.15. The predicted octanol–water partition coefficient (Wildman–Crippen LogP) is 1.93. The summed E-state index contributed by atoms with van der Waals surface area (Å²) in [5, 5.41) is 0.859. The number of hydrogen-bond donors (Lipinski definition) is 1. The van der Waals surface area contributed by atoms with Crippen LogP contribution in [0.25, 0.3) is 10.8 Å². The van der Waals surface area contributed by atoms with Gasteiger partial charge in [-0.3, -0.25) is 0 Å². The second-order valence-electron chi connectivity index (χ2n) is 3.53. The van der Waals surface area contributed by atoms with Crippen molar-refractivity contribution in [1.82, 2.24) is 15.0 Å². The molecule has 0 fully saturated rings. The third-order valence-electron chi connectivity index (χ3n) is 2.27. The Morgan fingerprint density at radius 2 is 2.00 bits per heavy atom. The molecule has 2 N–H and O–H groups in total. The zero-order valence-corrected chi connectivity index (χ0v) is 10.2. The van der Waals surface area contributed by atoms with Crippen molar-refractivity contribution in [2.24, 2.45) is 5.73 Å². The molecule has 0 saturated carbocycles. The van der Waals surface area contributed by atoms with E-state index in [-0.39, 0.29) is 0 Å². The summed E-state index contributed by atoms with van der Waals surface area (Å²) in [4.78, 5) is 14.2. The van der Waals surface area contributed by atoms with Crippen LogP contribution in [0.3, 0.4) is 0 Å². The first-order valence-corrected chi connectivity index (χ1v) is 6.04. The fourth-order valence-electron chi connectivity index (χ4n) is 1.42. The topological polar surface area (TPSA) is 64.7 Å². The monoisotopic (exact) mass is 234 g/mol. The maximum absolute atomic E-state index is 5.67. The van der Waals surface area contributed by atoms with Gasteiger partial charge in [0.2, 0.25) is 0 Å². The molecule has 0 unspecified atom stereocenters. The Morgan fingerprint density at radius 3 is 2.50 bits per heavy atom. The normalized spacial score (nSPS) is 10.7. The number of rotatable bonds is 3. The summed E-state index contributed by atoms with van der Waals surface area (Å²) in [5.41, 5.74) is 7.78. The summed E-state index contributed by atoms with van der Waals surface area (Å²) >= 11 is 1.58. The van der Waals surface area contributed by atoms with Crippen molar-refractivity contribution in [2.75, 3.05) is 0 Å². The van der Waals surface area contributed by atoms with Gasteiger partial charge in [0.05, 0.1) is 5.69 Å². The highest BCUT2D eigenvalue weighted by atomic mass is 32.1. The van der Waals surface area contributed by atoms with Crippen molar-refractivity contribution in [1.29, 1.82) is 0 Å². The van der Waals surface area contributed by atoms with Gasteiger partial charge in [-0.05, 0) is 18.9 Å². The predicted molar refractivity (Wildman–Crippen MR) is 65.1 cm³/mol. The van der Waals surface area contributed by atoms with Crippen LogP contribution >= 0.6 is 11.3 Å². The number of aryl methyl sites for hydroxylation is 2. The van der Waals surface area contributed by atoms with E-state index in [0.29, 0.717) is 12.4 Å². The number of thiazole rings is 1. The molecule has 0 aliphatic rings. The molecule has 4 nitrogen and oxygen atoms in total. The van der Waals surface area contributed by atoms with E-state index in [4.69, 9.17) is 5.73 Å². The summed E-state index contributed by atoms with van der Waals surface area (Å²) < 4.78 is 0. The Hall–Kier alpha value is -1.33. The molecule has 0 aromatic carbocycles. The van der Waals surface area contributed by atoms with E-state index in [2.05, 4.69) is 21.9 Å². The van der Waals surface area contributed by atoms with Crippen molar-refractivity contribution < 1.29 is 0 Å². The Kier molecular flexibility index (Phi) is 3.26. The molecule has 2 aromatic heterocycles. The average Bonchev–Trinajstić information content (AvgIpc) is 2.73.